The highest BCUT2D eigenvalue weighted by Gasteiger charge is 2.25. The van der Waals surface area contributed by atoms with Crippen molar-refractivity contribution >= 4 is 34.4 Å². The number of nitrogens with one attached hydrogen (secondary N) is 2. The van der Waals surface area contributed by atoms with Crippen LogP contribution in [0, 0.1) is 5.92 Å². The highest BCUT2D eigenvalue weighted by atomic mass is 16.5. The Kier molecular flexibility index (Phi) is 7.68. The minimum Gasteiger partial charge on any atom is -0.489 e. The monoisotopic (exact) mass is 418 g/mol. The number of ether oxygens (including phenoxy) is 1. The minimum atomic E-state index is -1.20. The van der Waals surface area contributed by atoms with Gasteiger partial charge in [0.25, 0.3) is 5.56 Å². The number of carboxylic acid groups (broad SMARTS) is 1. The second-order valence-corrected chi connectivity index (χ2v) is 7.47. The molecule has 0 saturated carbocycles. The van der Waals surface area contributed by atoms with Crippen LogP contribution in [0.5, 0.6) is 5.75 Å². The molecule has 0 atom stereocenters. The first-order valence-corrected chi connectivity index (χ1v) is 9.99. The van der Waals surface area contributed by atoms with Gasteiger partial charge < -0.3 is 20.5 Å². The zero-order chi connectivity index (χ0) is 22.4. The van der Waals surface area contributed by atoms with Crippen LogP contribution in [-0.2, 0) is 6.54 Å². The number of urea groups is 1. The van der Waals surface area contributed by atoms with E-state index in [-0.39, 0.29) is 17.3 Å². The van der Waals surface area contributed by atoms with E-state index in [0.717, 1.165) is 17.7 Å². The zero-order valence-corrected chi connectivity index (χ0v) is 18.1. The van der Waals surface area contributed by atoms with E-state index in [1.807, 2.05) is 20.8 Å². The lowest BCUT2D eigenvalue weighted by Gasteiger charge is -2.25. The van der Waals surface area contributed by atoms with E-state index < -0.39 is 12.1 Å². The van der Waals surface area contributed by atoms with Crippen molar-refractivity contribution in [3.05, 3.63) is 28.6 Å². The van der Waals surface area contributed by atoms with Gasteiger partial charge in [-0.05, 0) is 30.5 Å². The molecule has 0 bridgehead atoms. The van der Waals surface area contributed by atoms with Crippen molar-refractivity contribution in [3.63, 3.8) is 0 Å². The maximum atomic E-state index is 13.3. The van der Waals surface area contributed by atoms with Crippen LogP contribution in [0.15, 0.2) is 23.0 Å². The van der Waals surface area contributed by atoms with E-state index in [1.54, 1.807) is 18.2 Å². The zero-order valence-electron chi connectivity index (χ0n) is 18.1. The molecule has 2 aromatic rings. The predicted octanol–water partition coefficient (Wildman–Crippen LogP) is 3.70. The molecule has 1 heterocycles. The molecule has 0 spiro atoms. The van der Waals surface area contributed by atoms with Crippen molar-refractivity contribution in [1.29, 1.82) is 0 Å². The number of fused-ring (bicyclic) bond motifs is 1. The molecule has 3 amide bonds. The van der Waals surface area contributed by atoms with Crippen LogP contribution in [0.3, 0.4) is 0 Å². The third kappa shape index (κ3) is 5.03. The Morgan fingerprint density at radius 1 is 1.27 bits per heavy atom. The van der Waals surface area contributed by atoms with Crippen molar-refractivity contribution in [2.24, 2.45) is 5.92 Å². The summed E-state index contributed by atoms with van der Waals surface area (Å²) in [5.41, 5.74) is 0.156. The van der Waals surface area contributed by atoms with Gasteiger partial charge in [0.1, 0.15) is 0 Å². The van der Waals surface area contributed by atoms with Gasteiger partial charge in [0, 0.05) is 31.7 Å². The lowest BCUT2D eigenvalue weighted by Crippen LogP contribution is -2.34. The number of carbonyl (C=O) groups is 2. The molecular formula is C21H30N4O5. The molecule has 164 valence electrons. The minimum absolute atomic E-state index is 0.110. The Labute approximate surface area is 175 Å². The van der Waals surface area contributed by atoms with Crippen LogP contribution in [0.25, 0.3) is 10.8 Å². The molecule has 9 heteroatoms. The van der Waals surface area contributed by atoms with Crippen molar-refractivity contribution in [2.75, 3.05) is 30.9 Å². The molecule has 1 aromatic heterocycles. The molecule has 0 aliphatic heterocycles. The summed E-state index contributed by atoms with van der Waals surface area (Å²) in [5, 5.41) is 15.6. The Balaban J connectivity index is 2.84. The van der Waals surface area contributed by atoms with E-state index in [2.05, 4.69) is 10.6 Å². The van der Waals surface area contributed by atoms with Gasteiger partial charge in [-0.3, -0.25) is 14.3 Å². The normalized spacial score (nSPS) is 10.9. The maximum Gasteiger partial charge on any atom is 0.412 e. The Morgan fingerprint density at radius 2 is 1.97 bits per heavy atom. The molecule has 0 aliphatic rings. The first kappa shape index (κ1) is 23.1. The first-order chi connectivity index (χ1) is 14.2. The Bertz CT molecular complexity index is 984. The molecule has 3 N–H and O–H groups in total. The molecule has 9 nitrogen and oxygen atoms in total. The fourth-order valence-electron chi connectivity index (χ4n) is 3.09. The number of amides is 3. The first-order valence-electron chi connectivity index (χ1n) is 9.99. The molecular weight excluding hydrogens is 388 g/mol. The van der Waals surface area contributed by atoms with Gasteiger partial charge in [0.05, 0.1) is 12.0 Å². The third-order valence-electron chi connectivity index (χ3n) is 4.58. The summed E-state index contributed by atoms with van der Waals surface area (Å²) < 4.78 is 7.49. The Morgan fingerprint density at radius 3 is 2.53 bits per heavy atom. The van der Waals surface area contributed by atoms with Crippen molar-refractivity contribution in [3.8, 4) is 5.75 Å². The number of hydrogen-bond donors (Lipinski definition) is 3. The van der Waals surface area contributed by atoms with E-state index in [4.69, 9.17) is 4.74 Å². The number of hydrogen-bond acceptors (Lipinski definition) is 4. The summed E-state index contributed by atoms with van der Waals surface area (Å²) in [6.07, 6.45) is 0.472. The maximum absolute atomic E-state index is 13.3. The van der Waals surface area contributed by atoms with Crippen molar-refractivity contribution in [1.82, 2.24) is 9.88 Å². The van der Waals surface area contributed by atoms with Crippen LogP contribution in [0.1, 0.15) is 33.6 Å². The van der Waals surface area contributed by atoms with Gasteiger partial charge in [0.2, 0.25) is 0 Å². The summed E-state index contributed by atoms with van der Waals surface area (Å²) in [4.78, 5) is 37.8. The van der Waals surface area contributed by atoms with E-state index in [9.17, 15) is 19.5 Å². The highest BCUT2D eigenvalue weighted by Crippen LogP contribution is 2.36. The standard InChI is InChI=1S/C21H30N4O5/c1-6-7-10-30-17-16-11-14(23-20(27)22-4)8-9-15(16)19(26)25(12-13(2)3)18(17)24(5)21(28)29/h8-9,11,13H,6-7,10,12H2,1-5H3,(H,28,29)(H2,22,23,27). The summed E-state index contributed by atoms with van der Waals surface area (Å²) in [6.45, 7) is 6.64. The number of pyridine rings is 1. The highest BCUT2D eigenvalue weighted by molar-refractivity contribution is 5.99. The second kappa shape index (κ2) is 10.00. The van der Waals surface area contributed by atoms with Gasteiger partial charge in [-0.15, -0.1) is 0 Å². The van der Waals surface area contributed by atoms with Crippen molar-refractivity contribution in [2.45, 2.75) is 40.2 Å². The number of benzene rings is 1. The van der Waals surface area contributed by atoms with Gasteiger partial charge in [0.15, 0.2) is 11.6 Å². The van der Waals surface area contributed by atoms with Crippen LogP contribution in [-0.4, -0.2) is 42.5 Å². The summed E-state index contributed by atoms with van der Waals surface area (Å²) >= 11 is 0. The number of rotatable bonds is 8. The van der Waals surface area contributed by atoms with E-state index >= 15 is 0 Å². The van der Waals surface area contributed by atoms with Crippen LogP contribution in [0.4, 0.5) is 21.1 Å². The number of anilines is 2. The quantitative estimate of drug-likeness (QED) is 0.566. The van der Waals surface area contributed by atoms with Gasteiger partial charge in [-0.25, -0.2) is 9.59 Å². The summed E-state index contributed by atoms with van der Waals surface area (Å²) in [7, 11) is 2.89. The molecule has 0 radical (unpaired) electrons. The van der Waals surface area contributed by atoms with Crippen LogP contribution in [0.2, 0.25) is 0 Å². The third-order valence-corrected chi connectivity index (χ3v) is 4.58. The fourth-order valence-corrected chi connectivity index (χ4v) is 3.09. The van der Waals surface area contributed by atoms with Crippen LogP contribution < -0.4 is 25.8 Å². The average molecular weight is 418 g/mol. The average Bonchev–Trinajstić information content (AvgIpc) is 2.70. The van der Waals surface area contributed by atoms with Gasteiger partial charge >= 0.3 is 12.1 Å². The lowest BCUT2D eigenvalue weighted by molar-refractivity contribution is 0.202. The summed E-state index contributed by atoms with van der Waals surface area (Å²) in [5.74, 6) is 0.602. The SMILES string of the molecule is CCCCOc1c(N(C)C(=O)O)n(CC(C)C)c(=O)c2ccc(NC(=O)NC)cc12. The second-order valence-electron chi connectivity index (χ2n) is 7.47. The summed E-state index contributed by atoms with van der Waals surface area (Å²) in [6, 6.07) is 4.48. The molecule has 0 aliphatic carbocycles. The van der Waals surface area contributed by atoms with Gasteiger partial charge in [-0.1, -0.05) is 27.2 Å². The van der Waals surface area contributed by atoms with Crippen molar-refractivity contribution < 1.29 is 19.4 Å². The number of aromatic nitrogens is 1. The van der Waals surface area contributed by atoms with E-state index in [0.29, 0.717) is 35.4 Å². The number of unbranched alkanes of at least 4 members (excludes halogenated alkanes) is 1. The Hall–Kier alpha value is -3.23. The van der Waals surface area contributed by atoms with E-state index in [1.165, 1.54) is 18.7 Å². The fraction of sp³-hybridized carbons (Fsp3) is 0.476. The molecule has 30 heavy (non-hydrogen) atoms. The number of nitrogens with zero attached hydrogens (tertiary/aromatic N) is 2. The predicted molar refractivity (Wildman–Crippen MR) is 118 cm³/mol. The topological polar surface area (TPSA) is 113 Å². The smallest absolute Gasteiger partial charge is 0.412 e. The van der Waals surface area contributed by atoms with Gasteiger partial charge in [-0.2, -0.15) is 0 Å². The van der Waals surface area contributed by atoms with Crippen LogP contribution >= 0.6 is 0 Å². The molecule has 0 unspecified atom stereocenters. The molecule has 0 saturated heterocycles. The largest absolute Gasteiger partial charge is 0.489 e. The molecule has 0 fully saturated rings. The molecule has 2 rings (SSSR count). The number of carbonyl (C=O) groups excluding carboxylic acids is 1. The lowest BCUT2D eigenvalue weighted by atomic mass is 10.1. The molecule has 1 aromatic carbocycles.